The first-order valence-electron chi connectivity index (χ1n) is 13.4. The molecule has 9 heteroatoms. The number of nitrogens with zero attached hydrogens (tertiary/aromatic N) is 3. The smallest absolute Gasteiger partial charge is 0.311 e. The SMILES string of the molecule is CCOCN1CCN(C(=O)[C@H](CCC(=O)O)c2cc(CC(C)(C)C(=O)OCC)c3ccc(C)cc3n2)CC1. The number of rotatable bonds is 12. The summed E-state index contributed by atoms with van der Waals surface area (Å²) in [5.74, 6) is -2.05. The lowest BCUT2D eigenvalue weighted by Crippen LogP contribution is -2.50. The summed E-state index contributed by atoms with van der Waals surface area (Å²) in [6.45, 7) is 13.4. The molecule has 2 aromatic rings. The van der Waals surface area contributed by atoms with E-state index in [2.05, 4.69) is 4.90 Å². The molecule has 1 fully saturated rings. The number of hydrogen-bond acceptors (Lipinski definition) is 7. The normalized spacial score (nSPS) is 15.4. The van der Waals surface area contributed by atoms with Gasteiger partial charge >= 0.3 is 11.9 Å². The van der Waals surface area contributed by atoms with Gasteiger partial charge in [-0.3, -0.25) is 24.3 Å². The molecule has 0 spiro atoms. The minimum Gasteiger partial charge on any atom is -0.481 e. The molecule has 2 heterocycles. The van der Waals surface area contributed by atoms with E-state index in [0.29, 0.717) is 58.2 Å². The van der Waals surface area contributed by atoms with Crippen molar-refractivity contribution in [1.29, 1.82) is 0 Å². The van der Waals surface area contributed by atoms with E-state index in [-0.39, 0.29) is 24.7 Å². The second-order valence-electron chi connectivity index (χ2n) is 10.6. The molecule has 208 valence electrons. The third-order valence-corrected chi connectivity index (χ3v) is 7.00. The molecule has 0 radical (unpaired) electrons. The van der Waals surface area contributed by atoms with Crippen LogP contribution in [0, 0.1) is 12.3 Å². The standard InChI is InChI=1S/C29H41N3O6/c1-6-37-19-31-12-14-32(15-13-31)27(35)23(10-11-26(33)34)25-17-21(18-29(4,5)28(36)38-7-2)22-9-8-20(3)16-24(22)30-25/h8-9,16-17,23H,6-7,10-15,18-19H2,1-5H3,(H,33,34)/t23-/m1/s1. The molecular formula is C29H41N3O6. The molecule has 0 saturated carbocycles. The fraction of sp³-hybridized carbons (Fsp3) is 0.586. The zero-order valence-corrected chi connectivity index (χ0v) is 23.3. The number of aryl methyl sites for hydroxylation is 1. The van der Waals surface area contributed by atoms with Gasteiger partial charge in [0.2, 0.25) is 5.91 Å². The zero-order chi connectivity index (χ0) is 27.9. The summed E-state index contributed by atoms with van der Waals surface area (Å²) in [5.41, 5.74) is 2.39. The maximum absolute atomic E-state index is 13.8. The molecule has 38 heavy (non-hydrogen) atoms. The minimum absolute atomic E-state index is 0.114. The minimum atomic E-state index is -0.954. The molecule has 0 bridgehead atoms. The van der Waals surface area contributed by atoms with E-state index in [0.717, 1.165) is 22.0 Å². The first kappa shape index (κ1) is 29.5. The van der Waals surface area contributed by atoms with Crippen LogP contribution < -0.4 is 0 Å². The van der Waals surface area contributed by atoms with Crippen molar-refractivity contribution in [3.63, 3.8) is 0 Å². The highest BCUT2D eigenvalue weighted by molar-refractivity contribution is 5.88. The van der Waals surface area contributed by atoms with Gasteiger partial charge in [0.1, 0.15) is 0 Å². The van der Waals surface area contributed by atoms with E-state index in [1.807, 2.05) is 52.0 Å². The van der Waals surface area contributed by atoms with Crippen molar-refractivity contribution in [2.75, 3.05) is 46.1 Å². The quantitative estimate of drug-likeness (QED) is 0.416. The first-order valence-corrected chi connectivity index (χ1v) is 13.4. The number of pyridine rings is 1. The number of aromatic nitrogens is 1. The summed E-state index contributed by atoms with van der Waals surface area (Å²) in [7, 11) is 0. The Bertz CT molecular complexity index is 1140. The van der Waals surface area contributed by atoms with Crippen molar-refractivity contribution in [2.24, 2.45) is 5.41 Å². The zero-order valence-electron chi connectivity index (χ0n) is 23.3. The van der Waals surface area contributed by atoms with Crippen LogP contribution in [0.3, 0.4) is 0 Å². The Balaban J connectivity index is 1.98. The molecule has 1 saturated heterocycles. The van der Waals surface area contributed by atoms with Crippen LogP contribution in [-0.2, 0) is 30.3 Å². The van der Waals surface area contributed by atoms with Gasteiger partial charge in [-0.25, -0.2) is 0 Å². The Hall–Kier alpha value is -3.04. The van der Waals surface area contributed by atoms with Gasteiger partial charge in [-0.05, 0) is 70.7 Å². The summed E-state index contributed by atoms with van der Waals surface area (Å²) in [5, 5.41) is 10.3. The Morgan fingerprint density at radius 2 is 1.79 bits per heavy atom. The number of amides is 1. The van der Waals surface area contributed by atoms with Gasteiger partial charge in [-0.1, -0.05) is 12.1 Å². The second kappa shape index (κ2) is 13.2. The van der Waals surface area contributed by atoms with Gasteiger partial charge < -0.3 is 19.5 Å². The lowest BCUT2D eigenvalue weighted by molar-refractivity contribution is -0.153. The molecule has 1 aromatic heterocycles. The monoisotopic (exact) mass is 527 g/mol. The van der Waals surface area contributed by atoms with E-state index >= 15 is 0 Å². The van der Waals surface area contributed by atoms with Crippen LogP contribution in [0.2, 0.25) is 0 Å². The van der Waals surface area contributed by atoms with E-state index in [1.165, 1.54) is 0 Å². The number of carbonyl (C=O) groups excluding carboxylic acids is 2. The van der Waals surface area contributed by atoms with Crippen LogP contribution in [0.1, 0.15) is 63.3 Å². The average molecular weight is 528 g/mol. The average Bonchev–Trinajstić information content (AvgIpc) is 2.87. The molecule has 0 aliphatic carbocycles. The summed E-state index contributed by atoms with van der Waals surface area (Å²) in [4.78, 5) is 46.8. The number of benzene rings is 1. The third kappa shape index (κ3) is 7.51. The van der Waals surface area contributed by atoms with Crippen molar-refractivity contribution in [3.8, 4) is 0 Å². The second-order valence-corrected chi connectivity index (χ2v) is 10.6. The Labute approximate surface area is 225 Å². The number of carboxylic acid groups (broad SMARTS) is 1. The van der Waals surface area contributed by atoms with Crippen LogP contribution in [0.5, 0.6) is 0 Å². The highest BCUT2D eigenvalue weighted by Gasteiger charge is 2.33. The van der Waals surface area contributed by atoms with Crippen LogP contribution in [0.15, 0.2) is 24.3 Å². The number of piperazine rings is 1. The number of carboxylic acids is 1. The third-order valence-electron chi connectivity index (χ3n) is 7.00. The summed E-state index contributed by atoms with van der Waals surface area (Å²) < 4.78 is 10.8. The lowest BCUT2D eigenvalue weighted by Gasteiger charge is -2.36. The van der Waals surface area contributed by atoms with Gasteiger partial charge in [0.05, 0.1) is 35.9 Å². The summed E-state index contributed by atoms with van der Waals surface area (Å²) in [6.07, 6.45) is 0.410. The molecule has 1 atom stereocenters. The Kier molecular flexibility index (Phi) is 10.2. The summed E-state index contributed by atoms with van der Waals surface area (Å²) >= 11 is 0. The molecule has 3 rings (SSSR count). The molecule has 1 aliphatic heterocycles. The number of aliphatic carboxylic acids is 1. The predicted octanol–water partition coefficient (Wildman–Crippen LogP) is 3.76. The van der Waals surface area contributed by atoms with Gasteiger partial charge in [-0.2, -0.15) is 0 Å². The number of ether oxygens (including phenoxy) is 2. The van der Waals surface area contributed by atoms with Crippen LogP contribution in [-0.4, -0.2) is 83.9 Å². The topological polar surface area (TPSA) is 109 Å². The lowest BCUT2D eigenvalue weighted by atomic mass is 9.83. The van der Waals surface area contributed by atoms with E-state index in [1.54, 1.807) is 11.8 Å². The van der Waals surface area contributed by atoms with E-state index < -0.39 is 17.3 Å². The van der Waals surface area contributed by atoms with Crippen LogP contribution in [0.25, 0.3) is 10.9 Å². The number of hydrogen-bond donors (Lipinski definition) is 1. The maximum Gasteiger partial charge on any atom is 0.311 e. The number of fused-ring (bicyclic) bond motifs is 1. The first-order chi connectivity index (χ1) is 18.1. The fourth-order valence-electron chi connectivity index (χ4n) is 4.84. The molecule has 9 nitrogen and oxygen atoms in total. The van der Waals surface area contributed by atoms with Crippen molar-refractivity contribution in [3.05, 3.63) is 41.1 Å². The highest BCUT2D eigenvalue weighted by Crippen LogP contribution is 2.32. The number of esters is 1. The van der Waals surface area contributed by atoms with Gasteiger partial charge in [0.25, 0.3) is 0 Å². The predicted molar refractivity (Wildman–Crippen MR) is 145 cm³/mol. The van der Waals surface area contributed by atoms with Gasteiger partial charge in [0.15, 0.2) is 0 Å². The maximum atomic E-state index is 13.8. The molecule has 1 aromatic carbocycles. The number of carbonyl (C=O) groups is 3. The fourth-order valence-corrected chi connectivity index (χ4v) is 4.84. The molecule has 0 unspecified atom stereocenters. The van der Waals surface area contributed by atoms with Gasteiger partial charge in [-0.15, -0.1) is 0 Å². The van der Waals surface area contributed by atoms with E-state index in [9.17, 15) is 19.5 Å². The molecule has 1 aliphatic rings. The van der Waals surface area contributed by atoms with Crippen molar-refractivity contribution < 1.29 is 29.0 Å². The van der Waals surface area contributed by atoms with Crippen molar-refractivity contribution in [1.82, 2.24) is 14.8 Å². The molecule has 1 N–H and O–H groups in total. The largest absolute Gasteiger partial charge is 0.481 e. The summed E-state index contributed by atoms with van der Waals surface area (Å²) in [6, 6.07) is 7.84. The Morgan fingerprint density at radius 1 is 1.08 bits per heavy atom. The highest BCUT2D eigenvalue weighted by atomic mass is 16.5. The van der Waals surface area contributed by atoms with Crippen molar-refractivity contribution in [2.45, 2.75) is 59.8 Å². The van der Waals surface area contributed by atoms with E-state index in [4.69, 9.17) is 14.5 Å². The van der Waals surface area contributed by atoms with Crippen molar-refractivity contribution >= 4 is 28.7 Å². The molecular weight excluding hydrogens is 486 g/mol. The Morgan fingerprint density at radius 3 is 2.42 bits per heavy atom. The van der Waals surface area contributed by atoms with Crippen LogP contribution in [0.4, 0.5) is 0 Å². The van der Waals surface area contributed by atoms with Gasteiger partial charge in [0, 0.05) is 44.6 Å². The van der Waals surface area contributed by atoms with Crippen LogP contribution >= 0.6 is 0 Å². The molecule has 1 amide bonds.